The van der Waals surface area contributed by atoms with Crippen molar-refractivity contribution in [1.82, 2.24) is 0 Å². The molecule has 0 aromatic heterocycles. The third kappa shape index (κ3) is 2.76. The molecule has 0 radical (unpaired) electrons. The van der Waals surface area contributed by atoms with Crippen LogP contribution in [0.15, 0.2) is 32.9 Å². The molecule has 1 aromatic rings. The highest BCUT2D eigenvalue weighted by molar-refractivity contribution is 7.99. The normalized spacial score (nSPS) is 33.0. The van der Waals surface area contributed by atoms with Crippen LogP contribution in [0.4, 0.5) is 0 Å². The summed E-state index contributed by atoms with van der Waals surface area (Å²) < 4.78 is 29.3. The van der Waals surface area contributed by atoms with E-state index in [1.807, 2.05) is 13.2 Å². The highest BCUT2D eigenvalue weighted by Crippen LogP contribution is 2.65. The lowest BCUT2D eigenvalue weighted by Gasteiger charge is -2.40. The Morgan fingerprint density at radius 3 is 2.42 bits per heavy atom. The summed E-state index contributed by atoms with van der Waals surface area (Å²) in [6, 6.07) is 6.81. The maximum Gasteiger partial charge on any atom is 0.287 e. The average molecular weight is 370 g/mol. The van der Waals surface area contributed by atoms with E-state index in [9.17, 15) is 13.5 Å². The molecule has 4 nitrogen and oxygen atoms in total. The van der Waals surface area contributed by atoms with Crippen LogP contribution in [-0.4, -0.2) is 31.6 Å². The first-order chi connectivity index (χ1) is 11.1. The van der Waals surface area contributed by atoms with Crippen LogP contribution in [0.1, 0.15) is 38.7 Å². The molecule has 0 amide bonds. The standard InChI is InChI=1S/C18H27NO3S2/c1-13-5-7-15(8-6-13)24(21,22)19-23(4)12-18-10-9-14(11-16(18)20)17(18,2)3/h5-8,14,16,20H,9-12H2,1-4H3/t14-,16-,18-,23?/m1/s1. The van der Waals surface area contributed by atoms with Gasteiger partial charge in [-0.15, -0.1) is 3.77 Å². The van der Waals surface area contributed by atoms with Crippen LogP contribution in [0.5, 0.6) is 0 Å². The van der Waals surface area contributed by atoms with Crippen LogP contribution in [-0.2, 0) is 20.7 Å². The number of fused-ring (bicyclic) bond motifs is 2. The van der Waals surface area contributed by atoms with E-state index in [-0.39, 0.29) is 21.8 Å². The first-order valence-corrected chi connectivity index (χ1v) is 11.6. The Kier molecular flexibility index (Phi) is 4.46. The summed E-state index contributed by atoms with van der Waals surface area (Å²) in [6.45, 7) is 6.39. The molecule has 2 saturated carbocycles. The van der Waals surface area contributed by atoms with E-state index in [1.54, 1.807) is 24.3 Å². The van der Waals surface area contributed by atoms with Gasteiger partial charge in [0.05, 0.1) is 11.0 Å². The highest BCUT2D eigenvalue weighted by Gasteiger charge is 2.63. The van der Waals surface area contributed by atoms with Gasteiger partial charge in [-0.1, -0.05) is 42.2 Å². The van der Waals surface area contributed by atoms with Crippen LogP contribution in [0.25, 0.3) is 0 Å². The second kappa shape index (κ2) is 5.92. The Balaban J connectivity index is 1.88. The summed E-state index contributed by atoms with van der Waals surface area (Å²) in [5.41, 5.74) is 0.884. The van der Waals surface area contributed by atoms with E-state index < -0.39 is 20.7 Å². The molecule has 2 aliphatic rings. The molecule has 134 valence electrons. The molecule has 2 fully saturated rings. The van der Waals surface area contributed by atoms with E-state index >= 15 is 0 Å². The lowest BCUT2D eigenvalue weighted by molar-refractivity contribution is 0.0165. The smallest absolute Gasteiger partial charge is 0.287 e. The summed E-state index contributed by atoms with van der Waals surface area (Å²) in [5.74, 6) is 1.20. The van der Waals surface area contributed by atoms with E-state index in [0.29, 0.717) is 11.7 Å². The number of sulfonamides is 1. The van der Waals surface area contributed by atoms with Crippen LogP contribution in [0.3, 0.4) is 0 Å². The summed E-state index contributed by atoms with van der Waals surface area (Å²) >= 11 is 0. The van der Waals surface area contributed by atoms with E-state index in [1.165, 1.54) is 0 Å². The fourth-order valence-electron chi connectivity index (χ4n) is 4.70. The van der Waals surface area contributed by atoms with Crippen molar-refractivity contribution in [3.05, 3.63) is 29.8 Å². The largest absolute Gasteiger partial charge is 0.392 e. The Labute approximate surface area is 147 Å². The zero-order valence-corrected chi connectivity index (χ0v) is 16.5. The predicted octanol–water partition coefficient (Wildman–Crippen LogP) is 3.30. The molecule has 4 atom stereocenters. The maximum absolute atomic E-state index is 12.6. The molecule has 1 aromatic carbocycles. The van der Waals surface area contributed by atoms with Gasteiger partial charge in [0.15, 0.2) is 0 Å². The van der Waals surface area contributed by atoms with Crippen LogP contribution < -0.4 is 0 Å². The molecule has 24 heavy (non-hydrogen) atoms. The number of rotatable bonds is 4. The van der Waals surface area contributed by atoms with Crippen LogP contribution in [0, 0.1) is 23.7 Å². The van der Waals surface area contributed by atoms with Crippen molar-refractivity contribution in [2.75, 3.05) is 12.0 Å². The van der Waals surface area contributed by atoms with Gasteiger partial charge in [-0.25, -0.2) is 0 Å². The Hall–Kier alpha value is -0.720. The number of nitrogens with zero attached hydrogens (tertiary/aromatic N) is 1. The third-order valence-corrected chi connectivity index (χ3v) is 10.0. The first-order valence-electron chi connectivity index (χ1n) is 8.44. The second-order valence-corrected chi connectivity index (χ2v) is 11.5. The highest BCUT2D eigenvalue weighted by atomic mass is 32.3. The van der Waals surface area contributed by atoms with Gasteiger partial charge in [0.2, 0.25) is 0 Å². The molecule has 2 bridgehead atoms. The minimum absolute atomic E-state index is 0.0524. The second-order valence-electron chi connectivity index (χ2n) is 7.97. The first kappa shape index (κ1) is 18.1. The van der Waals surface area contributed by atoms with Gasteiger partial charge in [0, 0.05) is 11.2 Å². The zero-order valence-electron chi connectivity index (χ0n) is 14.8. The van der Waals surface area contributed by atoms with Crippen molar-refractivity contribution < 1.29 is 13.5 Å². The third-order valence-electron chi connectivity index (χ3n) is 6.40. The fourth-order valence-corrected chi connectivity index (χ4v) is 8.53. The van der Waals surface area contributed by atoms with Gasteiger partial charge >= 0.3 is 0 Å². The Morgan fingerprint density at radius 2 is 1.92 bits per heavy atom. The number of aliphatic hydroxyl groups excluding tert-OH is 1. The maximum atomic E-state index is 12.6. The Morgan fingerprint density at radius 1 is 1.29 bits per heavy atom. The lowest BCUT2D eigenvalue weighted by Crippen LogP contribution is -2.43. The number of aliphatic hydroxyl groups is 1. The van der Waals surface area contributed by atoms with Crippen molar-refractivity contribution in [3.8, 4) is 0 Å². The van der Waals surface area contributed by atoms with Crippen molar-refractivity contribution in [1.29, 1.82) is 0 Å². The topological polar surface area (TPSA) is 66.7 Å². The summed E-state index contributed by atoms with van der Waals surface area (Å²) in [5, 5.41) is 10.6. The molecular weight excluding hydrogens is 342 g/mol. The molecule has 0 heterocycles. The predicted molar refractivity (Wildman–Crippen MR) is 98.5 cm³/mol. The number of benzene rings is 1. The van der Waals surface area contributed by atoms with Crippen LogP contribution in [0.2, 0.25) is 0 Å². The summed E-state index contributed by atoms with van der Waals surface area (Å²) in [7, 11) is -4.28. The van der Waals surface area contributed by atoms with Gasteiger partial charge in [0.1, 0.15) is 0 Å². The fraction of sp³-hybridized carbons (Fsp3) is 0.667. The van der Waals surface area contributed by atoms with E-state index in [4.69, 9.17) is 0 Å². The average Bonchev–Trinajstić information content (AvgIpc) is 2.81. The molecular formula is C18H27NO3S2. The van der Waals surface area contributed by atoms with Crippen molar-refractivity contribution in [2.24, 2.45) is 20.5 Å². The van der Waals surface area contributed by atoms with Crippen molar-refractivity contribution in [3.63, 3.8) is 0 Å². The van der Waals surface area contributed by atoms with Gasteiger partial charge in [-0.3, -0.25) is 0 Å². The number of hydrogen-bond acceptors (Lipinski definition) is 3. The van der Waals surface area contributed by atoms with Gasteiger partial charge < -0.3 is 5.11 Å². The number of aryl methyl sites for hydroxylation is 1. The van der Waals surface area contributed by atoms with Gasteiger partial charge in [0.25, 0.3) is 10.0 Å². The van der Waals surface area contributed by atoms with Gasteiger partial charge in [-0.05, 0) is 55.9 Å². The minimum atomic E-state index is -3.64. The molecule has 3 rings (SSSR count). The minimum Gasteiger partial charge on any atom is -0.392 e. The van der Waals surface area contributed by atoms with E-state index in [0.717, 1.165) is 24.8 Å². The molecule has 0 spiro atoms. The summed E-state index contributed by atoms with van der Waals surface area (Å²) in [4.78, 5) is 0.250. The van der Waals surface area contributed by atoms with E-state index in [2.05, 4.69) is 17.6 Å². The molecule has 2 aliphatic carbocycles. The summed E-state index contributed by atoms with van der Waals surface area (Å²) in [6.07, 6.45) is 4.50. The molecule has 0 aliphatic heterocycles. The molecule has 1 unspecified atom stereocenters. The van der Waals surface area contributed by atoms with Gasteiger partial charge in [-0.2, -0.15) is 8.42 Å². The lowest BCUT2D eigenvalue weighted by atomic mass is 9.70. The van der Waals surface area contributed by atoms with Crippen molar-refractivity contribution in [2.45, 2.75) is 51.0 Å². The van der Waals surface area contributed by atoms with Crippen LogP contribution >= 0.6 is 0 Å². The monoisotopic (exact) mass is 369 g/mol. The quantitative estimate of drug-likeness (QED) is 0.885. The zero-order chi connectivity index (χ0) is 17.8. The molecule has 0 saturated heterocycles. The SMILES string of the molecule is Cc1ccc(S(=O)(=O)/N=S(\C)C[C@]23CC[C@H](C[C@H]2O)C3(C)C)cc1. The van der Waals surface area contributed by atoms with Crippen molar-refractivity contribution >= 4 is 20.7 Å². The molecule has 1 N–H and O–H groups in total. The molecule has 6 heteroatoms. The number of hydrogen-bond donors (Lipinski definition) is 1. The Bertz CT molecular complexity index is 768.